The molecule has 0 bridgehead atoms. The monoisotopic (exact) mass is 404 g/mol. The predicted molar refractivity (Wildman–Crippen MR) is 101 cm³/mol. The van der Waals surface area contributed by atoms with Crippen LogP contribution < -0.4 is 5.32 Å². The van der Waals surface area contributed by atoms with Crippen molar-refractivity contribution in [3.05, 3.63) is 69.4 Å². The fraction of sp³-hybridized carbons (Fsp3) is 0.350. The van der Waals surface area contributed by atoms with Crippen LogP contribution in [-0.4, -0.2) is 23.9 Å². The van der Waals surface area contributed by atoms with Gasteiger partial charge in [-0.05, 0) is 71.2 Å². The zero-order chi connectivity index (χ0) is 17.6. The summed E-state index contributed by atoms with van der Waals surface area (Å²) in [4.78, 5) is 14.9. The lowest BCUT2D eigenvalue weighted by Crippen LogP contribution is -2.30. The van der Waals surface area contributed by atoms with Crippen molar-refractivity contribution in [3.8, 4) is 0 Å². The number of amides is 1. The topological polar surface area (TPSA) is 32.3 Å². The van der Waals surface area contributed by atoms with Crippen LogP contribution in [0.5, 0.6) is 0 Å². The van der Waals surface area contributed by atoms with E-state index in [1.165, 1.54) is 43.0 Å². The molecular formula is C20H22BrFN2O. The number of rotatable bonds is 5. The van der Waals surface area contributed by atoms with E-state index >= 15 is 0 Å². The molecule has 1 aliphatic heterocycles. The summed E-state index contributed by atoms with van der Waals surface area (Å²) in [6.07, 6.45) is 3.84. The van der Waals surface area contributed by atoms with E-state index in [1.54, 1.807) is 0 Å². The molecule has 1 fully saturated rings. The first-order chi connectivity index (χ1) is 12.1. The number of hydrogen-bond donors (Lipinski definition) is 1. The molecule has 0 spiro atoms. The molecule has 0 aliphatic carbocycles. The van der Waals surface area contributed by atoms with Crippen LogP contribution in [-0.2, 0) is 13.1 Å². The van der Waals surface area contributed by atoms with Crippen molar-refractivity contribution in [2.75, 3.05) is 13.1 Å². The lowest BCUT2D eigenvalue weighted by atomic mass is 10.0. The zero-order valence-electron chi connectivity index (χ0n) is 14.1. The smallest absolute Gasteiger partial charge is 0.252 e. The van der Waals surface area contributed by atoms with E-state index in [0.717, 1.165) is 25.2 Å². The summed E-state index contributed by atoms with van der Waals surface area (Å²) in [5.41, 5.74) is 2.82. The number of nitrogens with one attached hydrogen (secondary N) is 1. The predicted octanol–water partition coefficient (Wildman–Crippen LogP) is 4.50. The third-order valence-electron chi connectivity index (χ3n) is 4.58. The molecule has 0 unspecified atom stereocenters. The van der Waals surface area contributed by atoms with Crippen LogP contribution in [0.25, 0.3) is 0 Å². The maximum Gasteiger partial charge on any atom is 0.252 e. The summed E-state index contributed by atoms with van der Waals surface area (Å²) in [6, 6.07) is 12.3. The van der Waals surface area contributed by atoms with Crippen molar-refractivity contribution < 1.29 is 9.18 Å². The average molecular weight is 405 g/mol. The fourth-order valence-corrected chi connectivity index (χ4v) is 3.72. The molecule has 0 saturated carbocycles. The number of benzene rings is 2. The second-order valence-corrected chi connectivity index (χ2v) is 7.27. The summed E-state index contributed by atoms with van der Waals surface area (Å²) < 4.78 is 13.6. The van der Waals surface area contributed by atoms with Gasteiger partial charge in [0.25, 0.3) is 5.91 Å². The maximum absolute atomic E-state index is 13.2. The number of carbonyl (C=O) groups excluding carboxylic acids is 1. The lowest BCUT2D eigenvalue weighted by molar-refractivity contribution is 0.0950. The Bertz CT molecular complexity index is 744. The molecule has 2 aromatic carbocycles. The molecule has 1 aliphatic rings. The maximum atomic E-state index is 13.2. The van der Waals surface area contributed by atoms with Gasteiger partial charge in [-0.2, -0.15) is 0 Å². The molecule has 1 saturated heterocycles. The largest absolute Gasteiger partial charge is 0.348 e. The summed E-state index contributed by atoms with van der Waals surface area (Å²) in [5, 5.41) is 2.94. The van der Waals surface area contributed by atoms with E-state index in [-0.39, 0.29) is 11.7 Å². The van der Waals surface area contributed by atoms with E-state index in [4.69, 9.17) is 0 Å². The Balaban J connectivity index is 1.65. The van der Waals surface area contributed by atoms with Crippen LogP contribution in [0.4, 0.5) is 4.39 Å². The van der Waals surface area contributed by atoms with E-state index in [1.807, 2.05) is 12.1 Å². The summed E-state index contributed by atoms with van der Waals surface area (Å²) in [5.74, 6) is -0.574. The molecule has 3 nitrogen and oxygen atoms in total. The second-order valence-electron chi connectivity index (χ2n) is 6.41. The average Bonchev–Trinajstić information content (AvgIpc) is 2.61. The van der Waals surface area contributed by atoms with Crippen LogP contribution in [0.2, 0.25) is 0 Å². The number of likely N-dealkylation sites (tertiary alicyclic amines) is 1. The SMILES string of the molecule is O=C(NCc1ccccc1CN1CCCCC1)c1ccc(F)cc1Br. The van der Waals surface area contributed by atoms with Crippen LogP contribution in [0.3, 0.4) is 0 Å². The Labute approximate surface area is 156 Å². The Kier molecular flexibility index (Phi) is 6.21. The first kappa shape index (κ1) is 18.1. The minimum Gasteiger partial charge on any atom is -0.348 e. The first-order valence-corrected chi connectivity index (χ1v) is 9.45. The van der Waals surface area contributed by atoms with E-state index < -0.39 is 0 Å². The molecule has 0 aromatic heterocycles. The molecule has 2 aromatic rings. The highest BCUT2D eigenvalue weighted by Crippen LogP contribution is 2.19. The third kappa shape index (κ3) is 4.89. The fourth-order valence-electron chi connectivity index (χ4n) is 3.19. The quantitative estimate of drug-likeness (QED) is 0.794. The number of hydrogen-bond acceptors (Lipinski definition) is 2. The van der Waals surface area contributed by atoms with Crippen molar-refractivity contribution in [1.29, 1.82) is 0 Å². The molecular weight excluding hydrogens is 383 g/mol. The molecule has 25 heavy (non-hydrogen) atoms. The highest BCUT2D eigenvalue weighted by Gasteiger charge is 2.14. The van der Waals surface area contributed by atoms with Crippen molar-refractivity contribution in [2.24, 2.45) is 0 Å². The lowest BCUT2D eigenvalue weighted by Gasteiger charge is -2.27. The Hall–Kier alpha value is -1.72. The Morgan fingerprint density at radius 3 is 2.52 bits per heavy atom. The number of carbonyl (C=O) groups is 1. The summed E-state index contributed by atoms with van der Waals surface area (Å²) in [7, 11) is 0. The summed E-state index contributed by atoms with van der Waals surface area (Å²) in [6.45, 7) is 3.67. The van der Waals surface area contributed by atoms with Crippen molar-refractivity contribution in [1.82, 2.24) is 10.2 Å². The molecule has 0 radical (unpaired) electrons. The van der Waals surface area contributed by atoms with Crippen molar-refractivity contribution >= 4 is 21.8 Å². The molecule has 5 heteroatoms. The highest BCUT2D eigenvalue weighted by molar-refractivity contribution is 9.10. The van der Waals surface area contributed by atoms with E-state index in [0.29, 0.717) is 16.6 Å². The molecule has 132 valence electrons. The van der Waals surface area contributed by atoms with Gasteiger partial charge in [0.2, 0.25) is 0 Å². The van der Waals surface area contributed by atoms with Crippen LogP contribution in [0.1, 0.15) is 40.7 Å². The zero-order valence-corrected chi connectivity index (χ0v) is 15.7. The van der Waals surface area contributed by atoms with Gasteiger partial charge in [0.05, 0.1) is 5.56 Å². The van der Waals surface area contributed by atoms with Gasteiger partial charge in [0, 0.05) is 17.6 Å². The Morgan fingerprint density at radius 1 is 1.08 bits per heavy atom. The van der Waals surface area contributed by atoms with Crippen LogP contribution in [0.15, 0.2) is 46.9 Å². The third-order valence-corrected chi connectivity index (χ3v) is 5.23. The van der Waals surface area contributed by atoms with Gasteiger partial charge in [0.15, 0.2) is 0 Å². The Morgan fingerprint density at radius 2 is 1.80 bits per heavy atom. The number of halogens is 2. The molecule has 1 amide bonds. The normalized spacial score (nSPS) is 15.1. The minimum absolute atomic E-state index is 0.209. The van der Waals surface area contributed by atoms with Crippen molar-refractivity contribution in [2.45, 2.75) is 32.4 Å². The molecule has 0 atom stereocenters. The van der Waals surface area contributed by atoms with Crippen LogP contribution in [0, 0.1) is 5.82 Å². The minimum atomic E-state index is -0.365. The van der Waals surface area contributed by atoms with Gasteiger partial charge in [-0.1, -0.05) is 30.7 Å². The molecule has 1 heterocycles. The number of piperidine rings is 1. The standard InChI is InChI=1S/C20H22BrFN2O/c21-19-12-17(22)8-9-18(19)20(25)23-13-15-6-2-3-7-16(15)14-24-10-4-1-5-11-24/h2-3,6-9,12H,1,4-5,10-11,13-14H2,(H,23,25). The van der Waals surface area contributed by atoms with Gasteiger partial charge >= 0.3 is 0 Å². The van der Waals surface area contributed by atoms with Crippen molar-refractivity contribution in [3.63, 3.8) is 0 Å². The second kappa shape index (κ2) is 8.59. The van der Waals surface area contributed by atoms with Crippen LogP contribution >= 0.6 is 15.9 Å². The summed E-state index contributed by atoms with van der Waals surface area (Å²) >= 11 is 3.25. The molecule has 3 rings (SSSR count). The van der Waals surface area contributed by atoms with E-state index in [9.17, 15) is 9.18 Å². The first-order valence-electron chi connectivity index (χ1n) is 8.66. The van der Waals surface area contributed by atoms with E-state index in [2.05, 4.69) is 38.3 Å². The number of nitrogens with zero attached hydrogens (tertiary/aromatic N) is 1. The van der Waals surface area contributed by atoms with Gasteiger partial charge in [-0.3, -0.25) is 9.69 Å². The molecule has 1 N–H and O–H groups in total. The highest BCUT2D eigenvalue weighted by atomic mass is 79.9. The van der Waals surface area contributed by atoms with Gasteiger partial charge in [-0.15, -0.1) is 0 Å². The van der Waals surface area contributed by atoms with Gasteiger partial charge < -0.3 is 5.32 Å². The van der Waals surface area contributed by atoms with Gasteiger partial charge in [-0.25, -0.2) is 4.39 Å². The van der Waals surface area contributed by atoms with Gasteiger partial charge in [0.1, 0.15) is 5.82 Å².